The smallest absolute Gasteiger partial charge is 0.317 e. The second kappa shape index (κ2) is 13.1. The first-order valence-corrected chi connectivity index (χ1v) is 13.6. The molecule has 38 heavy (non-hydrogen) atoms. The number of rotatable bonds is 7. The van der Waals surface area contributed by atoms with Gasteiger partial charge in [-0.2, -0.15) is 0 Å². The van der Waals surface area contributed by atoms with E-state index in [0.29, 0.717) is 41.7 Å². The van der Waals surface area contributed by atoms with E-state index in [9.17, 15) is 9.59 Å². The van der Waals surface area contributed by atoms with Crippen molar-refractivity contribution in [1.82, 2.24) is 15.5 Å². The first-order chi connectivity index (χ1) is 18.3. The lowest BCUT2D eigenvalue weighted by Crippen LogP contribution is -2.40. The summed E-state index contributed by atoms with van der Waals surface area (Å²) in [5.74, 6) is -0.277. The average molecular weight is 575 g/mol. The van der Waals surface area contributed by atoms with Crippen molar-refractivity contribution < 1.29 is 9.59 Å². The minimum atomic E-state index is -0.589. The topological polar surface area (TPSA) is 76.7 Å². The number of anilines is 3. The van der Waals surface area contributed by atoms with Crippen LogP contribution < -0.4 is 20.9 Å². The maximum Gasteiger partial charge on any atom is 0.317 e. The standard InChI is InChI=1S/C28H30Cl3N5O2/c1-32-28(38)36-13-3-12-35(14-15-36)25-11-8-20(17-24(25)33-23-5-2-4-22(30)18-23)27(37)34-26(31)16-19-6-9-21(29)10-7-19/h2,4-11,17-18,26,33H,3,12-16H2,1H3,(H,32,38)(H,34,37). The zero-order valence-electron chi connectivity index (χ0n) is 21.0. The van der Waals surface area contributed by atoms with Gasteiger partial charge in [-0.1, -0.05) is 53.0 Å². The number of halogens is 3. The Balaban J connectivity index is 1.55. The molecular weight excluding hydrogens is 545 g/mol. The van der Waals surface area contributed by atoms with Gasteiger partial charge in [-0.05, 0) is 60.5 Å². The summed E-state index contributed by atoms with van der Waals surface area (Å²) in [6, 6.07) is 20.2. The maximum atomic E-state index is 13.1. The van der Waals surface area contributed by atoms with Crippen molar-refractivity contribution in [2.24, 2.45) is 0 Å². The fourth-order valence-corrected chi connectivity index (χ4v) is 4.99. The van der Waals surface area contributed by atoms with Gasteiger partial charge in [0.2, 0.25) is 0 Å². The van der Waals surface area contributed by atoms with Gasteiger partial charge in [0.25, 0.3) is 5.91 Å². The molecular formula is C28H30Cl3N5O2. The Kier molecular flexibility index (Phi) is 9.61. The number of hydrogen-bond donors (Lipinski definition) is 3. The van der Waals surface area contributed by atoms with E-state index in [-0.39, 0.29) is 11.9 Å². The number of nitrogens with one attached hydrogen (secondary N) is 3. The van der Waals surface area contributed by atoms with Gasteiger partial charge in [0.05, 0.1) is 11.4 Å². The monoisotopic (exact) mass is 573 g/mol. The Hall–Kier alpha value is -3.13. The summed E-state index contributed by atoms with van der Waals surface area (Å²) < 4.78 is 0. The molecule has 1 heterocycles. The Morgan fingerprint density at radius 2 is 1.71 bits per heavy atom. The van der Waals surface area contributed by atoms with Gasteiger partial charge in [-0.15, -0.1) is 0 Å². The minimum absolute atomic E-state index is 0.0784. The molecule has 3 N–H and O–H groups in total. The number of urea groups is 1. The van der Waals surface area contributed by atoms with Crippen molar-refractivity contribution in [2.75, 3.05) is 43.4 Å². The predicted octanol–water partition coefficient (Wildman–Crippen LogP) is 6.13. The first-order valence-electron chi connectivity index (χ1n) is 12.4. The van der Waals surface area contributed by atoms with Crippen LogP contribution in [0.15, 0.2) is 66.7 Å². The normalized spacial score (nSPS) is 14.4. The summed E-state index contributed by atoms with van der Waals surface area (Å²) in [6.07, 6.45) is 1.29. The highest BCUT2D eigenvalue weighted by Gasteiger charge is 2.21. The molecule has 10 heteroatoms. The van der Waals surface area contributed by atoms with Crippen LogP contribution in [0, 0.1) is 0 Å². The summed E-state index contributed by atoms with van der Waals surface area (Å²) in [5.41, 5.74) is 3.35. The Bertz CT molecular complexity index is 1270. The lowest BCUT2D eigenvalue weighted by Gasteiger charge is -2.27. The molecule has 1 aliphatic heterocycles. The molecule has 3 amide bonds. The van der Waals surface area contributed by atoms with E-state index in [1.807, 2.05) is 47.4 Å². The Morgan fingerprint density at radius 1 is 0.921 bits per heavy atom. The lowest BCUT2D eigenvalue weighted by molar-refractivity contribution is 0.0949. The van der Waals surface area contributed by atoms with Crippen LogP contribution in [0.3, 0.4) is 0 Å². The van der Waals surface area contributed by atoms with Crippen molar-refractivity contribution in [3.63, 3.8) is 0 Å². The quantitative estimate of drug-likeness (QED) is 0.235. The highest BCUT2D eigenvalue weighted by molar-refractivity contribution is 6.31. The molecule has 1 saturated heterocycles. The van der Waals surface area contributed by atoms with Crippen LogP contribution in [-0.2, 0) is 6.42 Å². The van der Waals surface area contributed by atoms with Crippen LogP contribution in [0.2, 0.25) is 10.0 Å². The number of alkyl halides is 1. The molecule has 0 saturated carbocycles. The molecule has 0 spiro atoms. The van der Waals surface area contributed by atoms with E-state index in [0.717, 1.165) is 35.6 Å². The Labute approximate surface area is 238 Å². The van der Waals surface area contributed by atoms with E-state index in [4.69, 9.17) is 34.8 Å². The molecule has 3 aromatic rings. The third kappa shape index (κ3) is 7.47. The van der Waals surface area contributed by atoms with E-state index >= 15 is 0 Å². The van der Waals surface area contributed by atoms with Gasteiger partial charge >= 0.3 is 6.03 Å². The third-order valence-electron chi connectivity index (χ3n) is 6.32. The number of hydrogen-bond acceptors (Lipinski definition) is 4. The second-order valence-corrected chi connectivity index (χ2v) is 10.4. The first kappa shape index (κ1) is 27.9. The van der Waals surface area contributed by atoms with Crippen LogP contribution in [0.1, 0.15) is 22.3 Å². The van der Waals surface area contributed by atoms with Crippen LogP contribution in [0.5, 0.6) is 0 Å². The molecule has 7 nitrogen and oxygen atoms in total. The van der Waals surface area contributed by atoms with Crippen LogP contribution in [-0.4, -0.2) is 55.6 Å². The molecule has 1 unspecified atom stereocenters. The fourth-order valence-electron chi connectivity index (χ4n) is 4.40. The van der Waals surface area contributed by atoms with E-state index in [1.165, 1.54) is 0 Å². The van der Waals surface area contributed by atoms with Crippen molar-refractivity contribution in [1.29, 1.82) is 0 Å². The number of benzene rings is 3. The van der Waals surface area contributed by atoms with Crippen molar-refractivity contribution in [3.8, 4) is 0 Å². The fraction of sp³-hybridized carbons (Fsp3) is 0.286. The molecule has 0 aromatic heterocycles. The van der Waals surface area contributed by atoms with Crippen LogP contribution >= 0.6 is 34.8 Å². The van der Waals surface area contributed by atoms with Gasteiger partial charge in [0.15, 0.2) is 0 Å². The molecule has 1 atom stereocenters. The molecule has 0 radical (unpaired) electrons. The Morgan fingerprint density at radius 3 is 2.45 bits per heavy atom. The molecule has 0 bridgehead atoms. The van der Waals surface area contributed by atoms with Crippen LogP contribution in [0.25, 0.3) is 0 Å². The molecule has 4 rings (SSSR count). The molecule has 1 aliphatic rings. The highest BCUT2D eigenvalue weighted by atomic mass is 35.5. The number of nitrogens with zero attached hydrogens (tertiary/aromatic N) is 2. The summed E-state index contributed by atoms with van der Waals surface area (Å²) in [6.45, 7) is 2.71. The third-order valence-corrected chi connectivity index (χ3v) is 7.07. The average Bonchev–Trinajstić information content (AvgIpc) is 3.16. The minimum Gasteiger partial charge on any atom is -0.368 e. The van der Waals surface area contributed by atoms with E-state index in [2.05, 4.69) is 20.9 Å². The molecule has 0 aliphatic carbocycles. The van der Waals surface area contributed by atoms with Gasteiger partial charge < -0.3 is 25.8 Å². The second-order valence-electron chi connectivity index (χ2n) is 9.02. The molecule has 200 valence electrons. The summed E-state index contributed by atoms with van der Waals surface area (Å²) in [5, 5.41) is 10.3. The predicted molar refractivity (Wildman–Crippen MR) is 156 cm³/mol. The van der Waals surface area contributed by atoms with Gasteiger partial charge in [-0.25, -0.2) is 4.79 Å². The van der Waals surface area contributed by atoms with E-state index in [1.54, 1.807) is 31.3 Å². The van der Waals surface area contributed by atoms with E-state index < -0.39 is 5.50 Å². The highest BCUT2D eigenvalue weighted by Crippen LogP contribution is 2.32. The maximum absolute atomic E-state index is 13.1. The van der Waals surface area contributed by atoms with Crippen molar-refractivity contribution >= 4 is 63.8 Å². The summed E-state index contributed by atoms with van der Waals surface area (Å²) in [7, 11) is 1.64. The van der Waals surface area contributed by atoms with Crippen molar-refractivity contribution in [3.05, 3.63) is 87.9 Å². The molecule has 1 fully saturated rings. The summed E-state index contributed by atoms with van der Waals surface area (Å²) in [4.78, 5) is 29.3. The number of carbonyl (C=O) groups is 2. The zero-order valence-corrected chi connectivity index (χ0v) is 23.3. The van der Waals surface area contributed by atoms with Gasteiger partial charge in [0.1, 0.15) is 5.50 Å². The lowest BCUT2D eigenvalue weighted by atomic mass is 10.1. The number of carbonyl (C=O) groups excluding carboxylic acids is 2. The zero-order chi connectivity index (χ0) is 27.1. The number of amides is 3. The van der Waals surface area contributed by atoms with Crippen LogP contribution in [0.4, 0.5) is 21.9 Å². The largest absolute Gasteiger partial charge is 0.368 e. The van der Waals surface area contributed by atoms with Crippen molar-refractivity contribution in [2.45, 2.75) is 18.3 Å². The van der Waals surface area contributed by atoms with Gasteiger partial charge in [0, 0.05) is 60.9 Å². The molecule has 3 aromatic carbocycles. The van der Waals surface area contributed by atoms with Gasteiger partial charge in [-0.3, -0.25) is 4.79 Å². The SMILES string of the molecule is CNC(=O)N1CCCN(c2ccc(C(=O)NC(Cl)Cc3ccc(Cl)cc3)cc2Nc2cccc(Cl)c2)CC1. The summed E-state index contributed by atoms with van der Waals surface area (Å²) >= 11 is 18.6.